The lowest BCUT2D eigenvalue weighted by Gasteiger charge is -2.08. The molecular formula is C16H18N4O3. The lowest BCUT2D eigenvalue weighted by Crippen LogP contribution is -2.26. The summed E-state index contributed by atoms with van der Waals surface area (Å²) in [5, 5.41) is 9.39. The molecule has 1 aromatic carbocycles. The first-order valence-electron chi connectivity index (χ1n) is 7.26. The van der Waals surface area contributed by atoms with Gasteiger partial charge in [-0.1, -0.05) is 6.92 Å². The monoisotopic (exact) mass is 314 g/mol. The van der Waals surface area contributed by atoms with Crippen LogP contribution < -0.4 is 16.2 Å². The van der Waals surface area contributed by atoms with Crippen molar-refractivity contribution in [3.05, 3.63) is 52.4 Å². The Balaban J connectivity index is 2.11. The number of amides is 2. The first kappa shape index (κ1) is 16.4. The highest BCUT2D eigenvalue weighted by Gasteiger charge is 2.10. The van der Waals surface area contributed by atoms with Crippen molar-refractivity contribution in [2.45, 2.75) is 26.8 Å². The number of aryl methyl sites for hydroxylation is 1. The highest BCUT2D eigenvalue weighted by Crippen LogP contribution is 2.14. The number of aromatic nitrogens is 2. The molecule has 2 N–H and O–H groups in total. The van der Waals surface area contributed by atoms with Gasteiger partial charge in [0.05, 0.1) is 0 Å². The predicted octanol–water partition coefficient (Wildman–Crippen LogP) is 1.86. The van der Waals surface area contributed by atoms with Crippen LogP contribution >= 0.6 is 0 Å². The van der Waals surface area contributed by atoms with Gasteiger partial charge in [-0.25, -0.2) is 4.68 Å². The Hall–Kier alpha value is -2.96. The molecule has 0 atom stereocenters. The fraction of sp³-hybridized carbons (Fsp3) is 0.250. The average Bonchev–Trinajstić information content (AvgIpc) is 2.51. The van der Waals surface area contributed by atoms with E-state index in [1.54, 1.807) is 24.3 Å². The molecule has 0 aliphatic carbocycles. The second-order valence-corrected chi connectivity index (χ2v) is 4.99. The molecule has 0 fully saturated rings. The van der Waals surface area contributed by atoms with E-state index >= 15 is 0 Å². The number of carbonyl (C=O) groups is 2. The van der Waals surface area contributed by atoms with E-state index in [1.807, 2.05) is 6.92 Å². The van der Waals surface area contributed by atoms with Crippen molar-refractivity contribution >= 4 is 23.2 Å². The maximum atomic E-state index is 12.2. The molecule has 0 spiro atoms. The van der Waals surface area contributed by atoms with Gasteiger partial charge in [-0.05, 0) is 36.8 Å². The van der Waals surface area contributed by atoms with Crippen molar-refractivity contribution in [3.63, 3.8) is 0 Å². The molecule has 120 valence electrons. The van der Waals surface area contributed by atoms with Crippen LogP contribution in [0.4, 0.5) is 11.4 Å². The highest BCUT2D eigenvalue weighted by molar-refractivity contribution is 6.02. The maximum Gasteiger partial charge on any atom is 0.276 e. The number of benzene rings is 1. The minimum absolute atomic E-state index is 0.163. The summed E-state index contributed by atoms with van der Waals surface area (Å²) < 4.78 is 1.27. The molecule has 1 heterocycles. The van der Waals surface area contributed by atoms with Gasteiger partial charge in [0.25, 0.3) is 11.5 Å². The summed E-state index contributed by atoms with van der Waals surface area (Å²) in [4.78, 5) is 34.7. The van der Waals surface area contributed by atoms with E-state index in [-0.39, 0.29) is 17.2 Å². The van der Waals surface area contributed by atoms with Gasteiger partial charge in [0, 0.05) is 30.9 Å². The second kappa shape index (κ2) is 7.35. The minimum Gasteiger partial charge on any atom is -0.326 e. The minimum atomic E-state index is -0.401. The Morgan fingerprint density at radius 1 is 1.04 bits per heavy atom. The molecule has 7 nitrogen and oxygen atoms in total. The van der Waals surface area contributed by atoms with E-state index in [0.29, 0.717) is 17.9 Å². The van der Waals surface area contributed by atoms with E-state index in [9.17, 15) is 14.4 Å². The van der Waals surface area contributed by atoms with Gasteiger partial charge >= 0.3 is 0 Å². The third kappa shape index (κ3) is 4.50. The third-order valence-corrected chi connectivity index (χ3v) is 3.00. The third-order valence-electron chi connectivity index (χ3n) is 3.00. The molecule has 23 heavy (non-hydrogen) atoms. The zero-order valence-corrected chi connectivity index (χ0v) is 13.0. The molecule has 0 aliphatic heterocycles. The van der Waals surface area contributed by atoms with Crippen LogP contribution in [-0.2, 0) is 11.3 Å². The van der Waals surface area contributed by atoms with Crippen molar-refractivity contribution in [3.8, 4) is 0 Å². The normalized spacial score (nSPS) is 10.2. The molecule has 7 heteroatoms. The summed E-state index contributed by atoms with van der Waals surface area (Å²) in [6, 6.07) is 9.44. The number of hydrogen-bond donors (Lipinski definition) is 2. The van der Waals surface area contributed by atoms with Gasteiger partial charge in [-0.2, -0.15) is 5.10 Å². The molecule has 0 saturated carbocycles. The van der Waals surface area contributed by atoms with Crippen LogP contribution in [0.25, 0.3) is 0 Å². The van der Waals surface area contributed by atoms with E-state index in [4.69, 9.17) is 0 Å². The van der Waals surface area contributed by atoms with Crippen LogP contribution in [0.2, 0.25) is 0 Å². The number of carbonyl (C=O) groups excluding carboxylic acids is 2. The lowest BCUT2D eigenvalue weighted by molar-refractivity contribution is -0.114. The smallest absolute Gasteiger partial charge is 0.276 e. The first-order chi connectivity index (χ1) is 11.0. The van der Waals surface area contributed by atoms with Gasteiger partial charge in [-0.15, -0.1) is 0 Å². The van der Waals surface area contributed by atoms with Crippen molar-refractivity contribution in [2.24, 2.45) is 0 Å². The summed E-state index contributed by atoms with van der Waals surface area (Å²) in [5.74, 6) is -0.564. The zero-order chi connectivity index (χ0) is 16.8. The van der Waals surface area contributed by atoms with Crippen molar-refractivity contribution in [2.75, 3.05) is 10.6 Å². The fourth-order valence-corrected chi connectivity index (χ4v) is 1.98. The van der Waals surface area contributed by atoms with Gasteiger partial charge in [-0.3, -0.25) is 14.4 Å². The van der Waals surface area contributed by atoms with Crippen LogP contribution in [0.1, 0.15) is 30.8 Å². The molecule has 2 amide bonds. The van der Waals surface area contributed by atoms with Crippen LogP contribution in [0.5, 0.6) is 0 Å². The predicted molar refractivity (Wildman–Crippen MR) is 87.5 cm³/mol. The van der Waals surface area contributed by atoms with Gasteiger partial charge < -0.3 is 10.6 Å². The van der Waals surface area contributed by atoms with Crippen LogP contribution in [-0.4, -0.2) is 21.6 Å². The zero-order valence-electron chi connectivity index (χ0n) is 13.0. The Morgan fingerprint density at radius 3 is 2.22 bits per heavy atom. The van der Waals surface area contributed by atoms with Crippen LogP contribution in [0.15, 0.2) is 41.2 Å². The highest BCUT2D eigenvalue weighted by atomic mass is 16.2. The Morgan fingerprint density at radius 2 is 1.65 bits per heavy atom. The molecule has 2 aromatic rings. The van der Waals surface area contributed by atoms with Crippen molar-refractivity contribution in [1.82, 2.24) is 9.78 Å². The molecule has 2 rings (SSSR count). The first-order valence-corrected chi connectivity index (χ1v) is 7.26. The molecule has 0 bridgehead atoms. The molecule has 0 aliphatic rings. The van der Waals surface area contributed by atoms with Crippen LogP contribution in [0, 0.1) is 0 Å². The summed E-state index contributed by atoms with van der Waals surface area (Å²) in [6.45, 7) is 3.81. The molecular weight excluding hydrogens is 296 g/mol. The van der Waals surface area contributed by atoms with Gasteiger partial charge in [0.1, 0.15) is 5.69 Å². The molecule has 0 saturated heterocycles. The maximum absolute atomic E-state index is 12.2. The summed E-state index contributed by atoms with van der Waals surface area (Å²) in [7, 11) is 0. The van der Waals surface area contributed by atoms with Gasteiger partial charge in [0.2, 0.25) is 5.91 Å². The Kier molecular flexibility index (Phi) is 5.24. The van der Waals surface area contributed by atoms with Crippen molar-refractivity contribution < 1.29 is 9.59 Å². The summed E-state index contributed by atoms with van der Waals surface area (Å²) >= 11 is 0. The van der Waals surface area contributed by atoms with Crippen LogP contribution in [0.3, 0.4) is 0 Å². The summed E-state index contributed by atoms with van der Waals surface area (Å²) in [5.41, 5.74) is 1.15. The molecule has 0 radical (unpaired) electrons. The summed E-state index contributed by atoms with van der Waals surface area (Å²) in [6.07, 6.45) is 0.753. The number of rotatable bonds is 5. The topological polar surface area (TPSA) is 93.1 Å². The lowest BCUT2D eigenvalue weighted by atomic mass is 10.2. The largest absolute Gasteiger partial charge is 0.326 e. The number of anilines is 2. The Labute approximate surface area is 133 Å². The SMILES string of the molecule is CCCn1nc(C(=O)Nc2ccc(NC(C)=O)cc2)ccc1=O. The fourth-order valence-electron chi connectivity index (χ4n) is 1.98. The van der Waals surface area contributed by atoms with E-state index in [0.717, 1.165) is 6.42 Å². The quantitative estimate of drug-likeness (QED) is 0.881. The van der Waals surface area contributed by atoms with E-state index in [1.165, 1.54) is 23.7 Å². The van der Waals surface area contributed by atoms with E-state index < -0.39 is 5.91 Å². The standard InChI is InChI=1S/C16H18N4O3/c1-3-10-20-15(22)9-8-14(19-20)16(23)18-13-6-4-12(5-7-13)17-11(2)21/h4-9H,3,10H2,1-2H3,(H,17,21)(H,18,23). The molecule has 1 aromatic heterocycles. The average molecular weight is 314 g/mol. The second-order valence-electron chi connectivity index (χ2n) is 4.99. The van der Waals surface area contributed by atoms with Gasteiger partial charge in [0.15, 0.2) is 0 Å². The Bertz CT molecular complexity index is 766. The molecule has 0 unspecified atom stereocenters. The van der Waals surface area contributed by atoms with E-state index in [2.05, 4.69) is 15.7 Å². The number of nitrogens with one attached hydrogen (secondary N) is 2. The number of hydrogen-bond acceptors (Lipinski definition) is 4. The number of nitrogens with zero attached hydrogens (tertiary/aromatic N) is 2. The van der Waals surface area contributed by atoms with Crippen molar-refractivity contribution in [1.29, 1.82) is 0 Å².